The molecule has 4 aromatic rings. The minimum Gasteiger partial charge on any atom is -0.382 e. The summed E-state index contributed by atoms with van der Waals surface area (Å²) >= 11 is 0. The Morgan fingerprint density at radius 1 is 1.19 bits per heavy atom. The number of fused-ring (bicyclic) bond motifs is 1. The van der Waals surface area contributed by atoms with Crippen molar-refractivity contribution in [1.29, 1.82) is 0 Å². The molecule has 0 amide bonds. The topological polar surface area (TPSA) is 102 Å². The number of aromatic nitrogens is 4. The normalized spacial score (nSPS) is 14.2. The molecule has 0 saturated carbocycles. The fourth-order valence-corrected chi connectivity index (χ4v) is 3.75. The quantitative estimate of drug-likeness (QED) is 0.522. The van der Waals surface area contributed by atoms with Crippen molar-refractivity contribution in [3.63, 3.8) is 0 Å². The van der Waals surface area contributed by atoms with Crippen LogP contribution in [0.2, 0.25) is 0 Å². The highest BCUT2D eigenvalue weighted by atomic mass is 19.1. The lowest BCUT2D eigenvalue weighted by atomic mass is 10.1. The maximum Gasteiger partial charge on any atom is 0.268 e. The first kappa shape index (κ1) is 19.2. The molecule has 4 heterocycles. The summed E-state index contributed by atoms with van der Waals surface area (Å²) < 4.78 is 35.1. The second-order valence-corrected chi connectivity index (χ2v) is 7.31. The maximum atomic E-state index is 14.4. The van der Waals surface area contributed by atoms with Crippen LogP contribution in [0.4, 0.5) is 20.3 Å². The molecule has 3 N–H and O–H groups in total. The molecular formula is C21H18F2N6O2. The lowest BCUT2D eigenvalue weighted by Crippen LogP contribution is -2.51. The zero-order valence-corrected chi connectivity index (χ0v) is 16.5. The number of anilines is 2. The highest BCUT2D eigenvalue weighted by Gasteiger charge is 2.27. The van der Waals surface area contributed by atoms with Gasteiger partial charge in [-0.3, -0.25) is 19.4 Å². The van der Waals surface area contributed by atoms with Gasteiger partial charge in [0.2, 0.25) is 0 Å². The van der Waals surface area contributed by atoms with Gasteiger partial charge in [0, 0.05) is 32.0 Å². The molecule has 0 radical (unpaired) electrons. The zero-order chi connectivity index (χ0) is 21.7. The molecule has 1 aliphatic heterocycles. The van der Waals surface area contributed by atoms with Crippen molar-refractivity contribution >= 4 is 22.4 Å². The molecule has 8 nitrogen and oxygen atoms in total. The van der Waals surface area contributed by atoms with Crippen molar-refractivity contribution in [3.05, 3.63) is 64.7 Å². The number of pyridine rings is 2. The van der Waals surface area contributed by atoms with Crippen LogP contribution in [0.3, 0.4) is 0 Å². The molecule has 0 aliphatic carbocycles. The number of hydrogen-bond acceptors (Lipinski definition) is 6. The monoisotopic (exact) mass is 424 g/mol. The Labute approximate surface area is 174 Å². The van der Waals surface area contributed by atoms with Gasteiger partial charge in [0.05, 0.1) is 29.2 Å². The van der Waals surface area contributed by atoms with Gasteiger partial charge in [0.25, 0.3) is 5.56 Å². The number of halogens is 2. The van der Waals surface area contributed by atoms with Crippen LogP contribution in [-0.4, -0.2) is 46.1 Å². The van der Waals surface area contributed by atoms with E-state index in [1.54, 1.807) is 19.4 Å². The second kappa shape index (κ2) is 7.17. The molecule has 5 rings (SSSR count). The highest BCUT2D eigenvalue weighted by molar-refractivity contribution is 5.97. The molecular weight excluding hydrogens is 406 g/mol. The van der Waals surface area contributed by atoms with Crippen molar-refractivity contribution in [2.75, 3.05) is 30.8 Å². The molecule has 10 heteroatoms. The van der Waals surface area contributed by atoms with E-state index in [0.29, 0.717) is 16.8 Å². The van der Waals surface area contributed by atoms with Crippen molar-refractivity contribution in [2.45, 2.75) is 6.10 Å². The van der Waals surface area contributed by atoms with Gasteiger partial charge in [-0.25, -0.2) is 8.78 Å². The first-order valence-corrected chi connectivity index (χ1v) is 9.55. The van der Waals surface area contributed by atoms with Crippen molar-refractivity contribution in [3.8, 4) is 16.9 Å². The van der Waals surface area contributed by atoms with Gasteiger partial charge in [-0.05, 0) is 24.3 Å². The summed E-state index contributed by atoms with van der Waals surface area (Å²) in [5.74, 6) is -1.80. The van der Waals surface area contributed by atoms with Crippen LogP contribution in [0.5, 0.6) is 0 Å². The van der Waals surface area contributed by atoms with Crippen LogP contribution in [0.15, 0.2) is 47.5 Å². The fourth-order valence-electron chi connectivity index (χ4n) is 3.75. The number of nitrogens with zero attached hydrogens (tertiary/aromatic N) is 4. The number of ether oxygens (including phenoxy) is 1. The summed E-state index contributed by atoms with van der Waals surface area (Å²) in [6.45, 7) is 1.55. The lowest BCUT2D eigenvalue weighted by molar-refractivity contribution is 0.0787. The number of benzene rings is 1. The van der Waals surface area contributed by atoms with Gasteiger partial charge in [0.1, 0.15) is 22.7 Å². The van der Waals surface area contributed by atoms with Crippen LogP contribution in [0.25, 0.3) is 27.8 Å². The number of rotatable bonds is 4. The molecule has 0 atom stereocenters. The van der Waals surface area contributed by atoms with Crippen molar-refractivity contribution in [1.82, 2.24) is 19.7 Å². The summed E-state index contributed by atoms with van der Waals surface area (Å²) in [5, 5.41) is 6.68. The van der Waals surface area contributed by atoms with Gasteiger partial charge < -0.3 is 15.4 Å². The summed E-state index contributed by atoms with van der Waals surface area (Å²) in [6.07, 6.45) is 3.24. The van der Waals surface area contributed by atoms with E-state index < -0.39 is 22.9 Å². The number of aromatic amines is 1. The second-order valence-electron chi connectivity index (χ2n) is 7.31. The molecule has 0 unspecified atom stereocenters. The molecule has 158 valence electrons. The van der Waals surface area contributed by atoms with Gasteiger partial charge >= 0.3 is 0 Å². The molecule has 1 aromatic carbocycles. The van der Waals surface area contributed by atoms with Gasteiger partial charge in [0.15, 0.2) is 5.82 Å². The number of nitrogen functional groups attached to an aromatic ring is 1. The largest absolute Gasteiger partial charge is 0.382 e. The Kier molecular flexibility index (Phi) is 4.44. The third-order valence-corrected chi connectivity index (χ3v) is 5.50. The zero-order valence-electron chi connectivity index (χ0n) is 16.5. The van der Waals surface area contributed by atoms with Crippen LogP contribution >= 0.6 is 0 Å². The van der Waals surface area contributed by atoms with E-state index in [-0.39, 0.29) is 17.3 Å². The molecule has 1 fully saturated rings. The predicted molar refractivity (Wildman–Crippen MR) is 112 cm³/mol. The van der Waals surface area contributed by atoms with E-state index in [0.717, 1.165) is 35.5 Å². The summed E-state index contributed by atoms with van der Waals surface area (Å²) in [4.78, 5) is 19.6. The first-order chi connectivity index (χ1) is 15.0. The van der Waals surface area contributed by atoms with Crippen LogP contribution < -0.4 is 16.2 Å². The van der Waals surface area contributed by atoms with Crippen molar-refractivity contribution < 1.29 is 13.5 Å². The third-order valence-electron chi connectivity index (χ3n) is 5.50. The van der Waals surface area contributed by atoms with Gasteiger partial charge in [-0.1, -0.05) is 6.07 Å². The van der Waals surface area contributed by atoms with Gasteiger partial charge in [-0.15, -0.1) is 0 Å². The SMILES string of the molecule is COC1CN(c2ccc(-c3cn(-c4c(F)cccc4F)c(=O)c4c(N)n[nH]c34)nc2)C1. The average Bonchev–Trinajstić information content (AvgIpc) is 3.11. The Balaban J connectivity index is 1.66. The van der Waals surface area contributed by atoms with Crippen LogP contribution in [-0.2, 0) is 4.74 Å². The molecule has 1 aliphatic rings. The van der Waals surface area contributed by atoms with E-state index in [9.17, 15) is 13.6 Å². The summed E-state index contributed by atoms with van der Waals surface area (Å²) in [6, 6.07) is 7.06. The van der Waals surface area contributed by atoms with E-state index in [4.69, 9.17) is 10.5 Å². The Hall–Kier alpha value is -3.79. The fraction of sp³-hybridized carbons (Fsp3) is 0.190. The number of nitrogens with two attached hydrogens (primary N) is 1. The molecule has 31 heavy (non-hydrogen) atoms. The van der Waals surface area contributed by atoms with Crippen LogP contribution in [0.1, 0.15) is 0 Å². The number of H-pyrrole nitrogens is 1. The number of para-hydroxylation sites is 1. The summed E-state index contributed by atoms with van der Waals surface area (Å²) in [5.41, 5.74) is 6.91. The van der Waals surface area contributed by atoms with Crippen LogP contribution in [0, 0.1) is 11.6 Å². The minimum atomic E-state index is -0.872. The van der Waals surface area contributed by atoms with E-state index in [2.05, 4.69) is 20.1 Å². The average molecular weight is 424 g/mol. The number of nitrogens with one attached hydrogen (secondary N) is 1. The maximum absolute atomic E-state index is 14.4. The van der Waals surface area contributed by atoms with E-state index in [1.807, 2.05) is 6.07 Å². The summed E-state index contributed by atoms with van der Waals surface area (Å²) in [7, 11) is 1.68. The Morgan fingerprint density at radius 3 is 2.58 bits per heavy atom. The predicted octanol–water partition coefficient (Wildman–Crippen LogP) is 2.47. The molecule has 1 saturated heterocycles. The van der Waals surface area contributed by atoms with E-state index >= 15 is 0 Å². The van der Waals surface area contributed by atoms with Crippen molar-refractivity contribution in [2.24, 2.45) is 0 Å². The molecule has 0 spiro atoms. The standard InChI is InChI=1S/C21H18F2N6O2/c1-31-12-8-28(9-12)11-5-6-16(25-7-11)13-10-29(19-14(22)3-2-4-15(19)23)21(30)17-18(13)26-27-20(17)24/h2-7,10,12H,8-9H2,1H3,(H3,24,26,27). The number of hydrogen-bond donors (Lipinski definition) is 2. The first-order valence-electron chi connectivity index (χ1n) is 9.55. The number of methoxy groups -OCH3 is 1. The third kappa shape index (κ3) is 3.03. The lowest BCUT2D eigenvalue weighted by Gasteiger charge is -2.39. The smallest absolute Gasteiger partial charge is 0.268 e. The van der Waals surface area contributed by atoms with E-state index in [1.165, 1.54) is 12.3 Å². The molecule has 0 bridgehead atoms. The van der Waals surface area contributed by atoms with Gasteiger partial charge in [-0.2, -0.15) is 5.10 Å². The minimum absolute atomic E-state index is 0.0386. The Morgan fingerprint density at radius 2 is 1.94 bits per heavy atom. The highest BCUT2D eigenvalue weighted by Crippen LogP contribution is 2.30. The Bertz CT molecular complexity index is 1320. The molecule has 3 aromatic heterocycles.